The van der Waals surface area contributed by atoms with E-state index < -0.39 is 6.09 Å². The molecule has 1 amide bonds. The van der Waals surface area contributed by atoms with Crippen molar-refractivity contribution in [2.75, 3.05) is 26.6 Å². The number of ether oxygens (including phenoxy) is 4. The molecule has 1 aromatic carbocycles. The molecule has 0 fully saturated rings. The summed E-state index contributed by atoms with van der Waals surface area (Å²) in [6.07, 6.45) is -0.513. The summed E-state index contributed by atoms with van der Waals surface area (Å²) in [4.78, 5) is 15.5. The van der Waals surface area contributed by atoms with E-state index in [0.717, 1.165) is 11.1 Å². The van der Waals surface area contributed by atoms with Crippen LogP contribution in [0.5, 0.6) is 17.5 Å². The van der Waals surface area contributed by atoms with Gasteiger partial charge in [-0.3, -0.25) is 5.32 Å². The second kappa shape index (κ2) is 8.05. The normalized spacial score (nSPS) is 10.0. The highest BCUT2D eigenvalue weighted by Crippen LogP contribution is 2.25. The topological polar surface area (TPSA) is 78.9 Å². The van der Waals surface area contributed by atoms with Crippen molar-refractivity contribution in [3.8, 4) is 17.5 Å². The van der Waals surface area contributed by atoms with Gasteiger partial charge in [0.1, 0.15) is 12.4 Å². The lowest BCUT2D eigenvalue weighted by Gasteiger charge is -2.12. The second-order valence-corrected chi connectivity index (χ2v) is 4.90. The van der Waals surface area contributed by atoms with Crippen LogP contribution < -0.4 is 19.5 Å². The van der Waals surface area contributed by atoms with Crippen LogP contribution in [0, 0.1) is 6.92 Å². The van der Waals surface area contributed by atoms with Gasteiger partial charge in [0.15, 0.2) is 0 Å². The average Bonchev–Trinajstić information content (AvgIpc) is 2.61. The van der Waals surface area contributed by atoms with Crippen LogP contribution in [0.4, 0.5) is 10.5 Å². The molecule has 24 heavy (non-hydrogen) atoms. The Hall–Kier alpha value is -2.96. The summed E-state index contributed by atoms with van der Waals surface area (Å²) >= 11 is 0. The van der Waals surface area contributed by atoms with Crippen LogP contribution in [0.1, 0.15) is 11.1 Å². The lowest BCUT2D eigenvalue weighted by Crippen LogP contribution is -2.11. The minimum absolute atomic E-state index is 0.295. The van der Waals surface area contributed by atoms with Crippen LogP contribution in [-0.4, -0.2) is 32.4 Å². The highest BCUT2D eigenvalue weighted by Gasteiger charge is 2.09. The smallest absolute Gasteiger partial charge is 0.411 e. The Kier molecular flexibility index (Phi) is 5.83. The Bertz CT molecular complexity index is 718. The number of carbonyl (C=O) groups is 1. The minimum atomic E-state index is -0.513. The lowest BCUT2D eigenvalue weighted by atomic mass is 10.2. The number of hydrogen-bond acceptors (Lipinski definition) is 6. The van der Waals surface area contributed by atoms with E-state index in [2.05, 4.69) is 15.0 Å². The molecule has 0 saturated heterocycles. The molecule has 2 aromatic rings. The third kappa shape index (κ3) is 4.28. The number of nitrogens with one attached hydrogen (secondary N) is 1. The first-order valence-corrected chi connectivity index (χ1v) is 7.23. The summed E-state index contributed by atoms with van der Waals surface area (Å²) in [7, 11) is 4.41. The van der Waals surface area contributed by atoms with Crippen molar-refractivity contribution >= 4 is 11.8 Å². The number of pyridine rings is 1. The largest absolute Gasteiger partial charge is 0.489 e. The quantitative estimate of drug-likeness (QED) is 0.875. The Morgan fingerprint density at radius 2 is 1.92 bits per heavy atom. The highest BCUT2D eigenvalue weighted by atomic mass is 16.5. The standard InChI is InChI=1S/C17H20N2O5/c1-11-9-13(6-7-14(11)18-17(20)23-4)24-10-12-5-8-15(21-2)19-16(12)22-3/h5-9H,10H2,1-4H3,(H,18,20). The van der Waals surface area contributed by atoms with E-state index in [1.807, 2.05) is 19.1 Å². The van der Waals surface area contributed by atoms with Gasteiger partial charge in [-0.1, -0.05) is 0 Å². The van der Waals surface area contributed by atoms with Crippen LogP contribution in [-0.2, 0) is 11.3 Å². The van der Waals surface area contributed by atoms with E-state index in [-0.39, 0.29) is 0 Å². The number of amides is 1. The van der Waals surface area contributed by atoms with Crippen molar-refractivity contribution in [3.05, 3.63) is 41.5 Å². The summed E-state index contributed by atoms with van der Waals surface area (Å²) in [5.41, 5.74) is 2.32. The van der Waals surface area contributed by atoms with Crippen molar-refractivity contribution in [1.29, 1.82) is 0 Å². The van der Waals surface area contributed by atoms with Gasteiger partial charge in [0.25, 0.3) is 0 Å². The monoisotopic (exact) mass is 332 g/mol. The number of aromatic nitrogens is 1. The van der Waals surface area contributed by atoms with Gasteiger partial charge in [0.05, 0.1) is 26.9 Å². The molecule has 2 rings (SSSR count). The Morgan fingerprint density at radius 3 is 2.54 bits per heavy atom. The van der Waals surface area contributed by atoms with E-state index in [9.17, 15) is 4.79 Å². The molecule has 7 heteroatoms. The molecular weight excluding hydrogens is 312 g/mol. The molecule has 1 aromatic heterocycles. The fourth-order valence-electron chi connectivity index (χ4n) is 2.04. The molecule has 0 aliphatic carbocycles. The zero-order valence-corrected chi connectivity index (χ0v) is 14.1. The summed E-state index contributed by atoms with van der Waals surface area (Å²) in [6, 6.07) is 8.93. The maximum Gasteiger partial charge on any atom is 0.411 e. The van der Waals surface area contributed by atoms with Gasteiger partial charge >= 0.3 is 6.09 Å². The lowest BCUT2D eigenvalue weighted by molar-refractivity contribution is 0.187. The van der Waals surface area contributed by atoms with Gasteiger partial charge in [-0.05, 0) is 36.8 Å². The maximum atomic E-state index is 11.3. The molecule has 0 bridgehead atoms. The third-order valence-corrected chi connectivity index (χ3v) is 3.33. The van der Waals surface area contributed by atoms with Gasteiger partial charge in [-0.15, -0.1) is 0 Å². The minimum Gasteiger partial charge on any atom is -0.489 e. The molecule has 0 aliphatic heterocycles. The van der Waals surface area contributed by atoms with E-state index in [1.54, 1.807) is 32.4 Å². The SMILES string of the molecule is COC(=O)Nc1ccc(OCc2ccc(OC)nc2OC)cc1C. The summed E-state index contributed by atoms with van der Waals surface area (Å²) in [5, 5.41) is 2.63. The third-order valence-electron chi connectivity index (χ3n) is 3.33. The van der Waals surface area contributed by atoms with Crippen LogP contribution in [0.25, 0.3) is 0 Å². The second-order valence-electron chi connectivity index (χ2n) is 4.90. The molecule has 0 aliphatic rings. The van der Waals surface area contributed by atoms with Crippen LogP contribution >= 0.6 is 0 Å². The number of carbonyl (C=O) groups excluding carboxylic acids is 1. The number of anilines is 1. The van der Waals surface area contributed by atoms with Crippen molar-refractivity contribution < 1.29 is 23.7 Å². The zero-order chi connectivity index (χ0) is 17.5. The molecule has 0 radical (unpaired) electrons. The highest BCUT2D eigenvalue weighted by molar-refractivity contribution is 5.85. The van der Waals surface area contributed by atoms with Crippen molar-refractivity contribution in [2.45, 2.75) is 13.5 Å². The number of methoxy groups -OCH3 is 3. The van der Waals surface area contributed by atoms with Crippen molar-refractivity contribution in [2.24, 2.45) is 0 Å². The fourth-order valence-corrected chi connectivity index (χ4v) is 2.04. The fraction of sp³-hybridized carbons (Fsp3) is 0.294. The summed E-state index contributed by atoms with van der Waals surface area (Å²) in [6.45, 7) is 2.16. The molecular formula is C17H20N2O5. The Balaban J connectivity index is 2.07. The number of benzene rings is 1. The van der Waals surface area contributed by atoms with Crippen molar-refractivity contribution in [3.63, 3.8) is 0 Å². The zero-order valence-electron chi connectivity index (χ0n) is 14.1. The molecule has 0 atom stereocenters. The first-order chi connectivity index (χ1) is 11.6. The van der Waals surface area contributed by atoms with Crippen LogP contribution in [0.3, 0.4) is 0 Å². The van der Waals surface area contributed by atoms with E-state index in [1.165, 1.54) is 7.11 Å². The number of nitrogens with zero attached hydrogens (tertiary/aromatic N) is 1. The number of hydrogen-bond donors (Lipinski definition) is 1. The molecule has 0 spiro atoms. The molecule has 1 heterocycles. The van der Waals surface area contributed by atoms with Crippen molar-refractivity contribution in [1.82, 2.24) is 4.98 Å². The van der Waals surface area contributed by atoms with E-state index >= 15 is 0 Å². The maximum absolute atomic E-state index is 11.3. The first kappa shape index (κ1) is 17.4. The van der Waals surface area contributed by atoms with Gasteiger partial charge in [-0.2, -0.15) is 4.98 Å². The molecule has 0 saturated carbocycles. The first-order valence-electron chi connectivity index (χ1n) is 7.23. The summed E-state index contributed by atoms with van der Waals surface area (Å²) < 4.78 is 20.7. The van der Waals surface area contributed by atoms with Gasteiger partial charge < -0.3 is 18.9 Å². The van der Waals surface area contributed by atoms with Gasteiger partial charge in [0.2, 0.25) is 11.8 Å². The molecule has 7 nitrogen and oxygen atoms in total. The van der Waals surface area contributed by atoms with Gasteiger partial charge in [0, 0.05) is 11.8 Å². The van der Waals surface area contributed by atoms with Gasteiger partial charge in [-0.25, -0.2) is 4.79 Å². The molecule has 1 N–H and O–H groups in total. The van der Waals surface area contributed by atoms with E-state index in [0.29, 0.717) is 29.8 Å². The average molecular weight is 332 g/mol. The molecule has 128 valence electrons. The van der Waals surface area contributed by atoms with Crippen LogP contribution in [0.15, 0.2) is 30.3 Å². The number of aryl methyl sites for hydroxylation is 1. The number of rotatable bonds is 6. The predicted octanol–water partition coefficient (Wildman–Crippen LogP) is 3.16. The van der Waals surface area contributed by atoms with Crippen LogP contribution in [0.2, 0.25) is 0 Å². The molecule has 0 unspecified atom stereocenters. The summed E-state index contributed by atoms with van der Waals surface area (Å²) in [5.74, 6) is 1.60. The predicted molar refractivity (Wildman–Crippen MR) is 88.9 cm³/mol. The Morgan fingerprint density at radius 1 is 1.12 bits per heavy atom. The van der Waals surface area contributed by atoms with E-state index in [4.69, 9.17) is 14.2 Å². The Labute approximate surface area is 140 Å².